The van der Waals surface area contributed by atoms with Crippen LogP contribution in [0, 0.1) is 6.92 Å². The summed E-state index contributed by atoms with van der Waals surface area (Å²) < 4.78 is 0. The van der Waals surface area contributed by atoms with Crippen molar-refractivity contribution >= 4 is 23.3 Å². The highest BCUT2D eigenvalue weighted by Crippen LogP contribution is 2.22. The monoisotopic (exact) mass is 198 g/mol. The maximum absolute atomic E-state index is 11.0. The molecule has 0 radical (unpaired) electrons. The van der Waals surface area contributed by atoms with Crippen LogP contribution in [0.3, 0.4) is 0 Å². The molecule has 1 aromatic carbocycles. The third-order valence-electron chi connectivity index (χ3n) is 1.60. The van der Waals surface area contributed by atoms with Crippen LogP contribution in [0.1, 0.15) is 5.56 Å². The van der Waals surface area contributed by atoms with E-state index >= 15 is 0 Å². The number of carbonyl (C=O) groups is 1. The smallest absolute Gasteiger partial charge is 0.319 e. The molecule has 1 aromatic rings. The predicted molar refractivity (Wildman–Crippen MR) is 54.3 cm³/mol. The molecule has 2 amide bonds. The van der Waals surface area contributed by atoms with Gasteiger partial charge >= 0.3 is 6.03 Å². The summed E-state index contributed by atoms with van der Waals surface area (Å²) in [6.45, 7) is 1.94. The van der Waals surface area contributed by atoms with Crippen LogP contribution < -0.4 is 10.6 Å². The first-order chi connectivity index (χ1) is 6.13. The van der Waals surface area contributed by atoms with Gasteiger partial charge < -0.3 is 10.6 Å². The average Bonchev–Trinajstić information content (AvgIpc) is 2.11. The number of hydrogen-bond acceptors (Lipinski definition) is 1. The topological polar surface area (TPSA) is 41.1 Å². The second kappa shape index (κ2) is 4.14. The van der Waals surface area contributed by atoms with Crippen LogP contribution in [0.2, 0.25) is 5.02 Å². The number of urea groups is 1. The number of carbonyl (C=O) groups excluding carboxylic acids is 1. The molecule has 0 bridgehead atoms. The van der Waals surface area contributed by atoms with Crippen molar-refractivity contribution in [3.8, 4) is 0 Å². The Hall–Kier alpha value is -1.22. The Morgan fingerprint density at radius 3 is 2.77 bits per heavy atom. The van der Waals surface area contributed by atoms with Gasteiger partial charge in [-0.1, -0.05) is 17.7 Å². The largest absolute Gasteiger partial charge is 0.341 e. The molecule has 70 valence electrons. The van der Waals surface area contributed by atoms with E-state index < -0.39 is 0 Å². The van der Waals surface area contributed by atoms with Gasteiger partial charge in [0.15, 0.2) is 0 Å². The molecule has 0 spiro atoms. The molecule has 0 saturated carbocycles. The lowest BCUT2D eigenvalue weighted by Gasteiger charge is -2.06. The average molecular weight is 199 g/mol. The van der Waals surface area contributed by atoms with Crippen molar-refractivity contribution < 1.29 is 4.79 Å². The highest BCUT2D eigenvalue weighted by molar-refractivity contribution is 6.33. The van der Waals surface area contributed by atoms with Gasteiger partial charge in [-0.3, -0.25) is 0 Å². The Morgan fingerprint density at radius 1 is 1.46 bits per heavy atom. The molecule has 0 fully saturated rings. The van der Waals surface area contributed by atoms with E-state index in [2.05, 4.69) is 10.6 Å². The minimum atomic E-state index is -0.271. The molecule has 4 heteroatoms. The fraction of sp³-hybridized carbons (Fsp3) is 0.222. The lowest BCUT2D eigenvalue weighted by molar-refractivity contribution is 0.254. The van der Waals surface area contributed by atoms with Gasteiger partial charge in [-0.25, -0.2) is 4.79 Å². The third kappa shape index (κ3) is 2.63. The van der Waals surface area contributed by atoms with Gasteiger partial charge in [0.1, 0.15) is 0 Å². The first-order valence-corrected chi connectivity index (χ1v) is 4.26. The van der Waals surface area contributed by atoms with Crippen molar-refractivity contribution in [2.75, 3.05) is 12.4 Å². The molecule has 0 aliphatic carbocycles. The molecule has 13 heavy (non-hydrogen) atoms. The summed E-state index contributed by atoms with van der Waals surface area (Å²) >= 11 is 5.85. The number of aryl methyl sites for hydroxylation is 1. The highest BCUT2D eigenvalue weighted by Gasteiger charge is 2.02. The quantitative estimate of drug-likeness (QED) is 0.715. The second-order valence-corrected chi connectivity index (χ2v) is 3.09. The molecule has 2 N–H and O–H groups in total. The predicted octanol–water partition coefficient (Wildman–Crippen LogP) is 2.40. The lowest BCUT2D eigenvalue weighted by Crippen LogP contribution is -2.24. The molecular weight excluding hydrogens is 188 g/mol. The van der Waals surface area contributed by atoms with E-state index in [0.717, 1.165) is 5.56 Å². The van der Waals surface area contributed by atoms with Gasteiger partial charge in [-0.2, -0.15) is 0 Å². The summed E-state index contributed by atoms with van der Waals surface area (Å²) in [5.74, 6) is 0. The van der Waals surface area contributed by atoms with E-state index in [9.17, 15) is 4.79 Å². The van der Waals surface area contributed by atoms with Crippen LogP contribution in [0.5, 0.6) is 0 Å². The molecule has 0 aromatic heterocycles. The lowest BCUT2D eigenvalue weighted by atomic mass is 10.2. The standard InChI is InChI=1S/C9H11ClN2O/c1-6-3-4-7(10)8(5-6)12-9(13)11-2/h3-5H,1-2H3,(H2,11,12,13). The third-order valence-corrected chi connectivity index (χ3v) is 1.93. The van der Waals surface area contributed by atoms with Crippen molar-refractivity contribution in [3.63, 3.8) is 0 Å². The van der Waals surface area contributed by atoms with Gasteiger partial charge in [0, 0.05) is 7.05 Å². The van der Waals surface area contributed by atoms with Crippen molar-refractivity contribution in [2.24, 2.45) is 0 Å². The highest BCUT2D eigenvalue weighted by atomic mass is 35.5. The van der Waals surface area contributed by atoms with Gasteiger partial charge in [-0.15, -0.1) is 0 Å². The molecular formula is C9H11ClN2O. The SMILES string of the molecule is CNC(=O)Nc1cc(C)ccc1Cl. The summed E-state index contributed by atoms with van der Waals surface area (Å²) in [6, 6.07) is 5.18. The molecule has 0 unspecified atom stereocenters. The van der Waals surface area contributed by atoms with E-state index in [1.807, 2.05) is 19.1 Å². The molecule has 0 saturated heterocycles. The summed E-state index contributed by atoms with van der Waals surface area (Å²) in [5, 5.41) is 5.61. The number of halogens is 1. The minimum Gasteiger partial charge on any atom is -0.341 e. The van der Waals surface area contributed by atoms with Crippen LogP contribution in [-0.4, -0.2) is 13.1 Å². The van der Waals surface area contributed by atoms with Crippen molar-refractivity contribution in [1.29, 1.82) is 0 Å². The van der Waals surface area contributed by atoms with Gasteiger partial charge in [0.25, 0.3) is 0 Å². The number of rotatable bonds is 1. The molecule has 3 nitrogen and oxygen atoms in total. The fourth-order valence-corrected chi connectivity index (χ4v) is 1.08. The Morgan fingerprint density at radius 2 is 2.15 bits per heavy atom. The Balaban J connectivity index is 2.87. The fourth-order valence-electron chi connectivity index (χ4n) is 0.920. The van der Waals surface area contributed by atoms with Gasteiger partial charge in [0.05, 0.1) is 10.7 Å². The van der Waals surface area contributed by atoms with Crippen LogP contribution in [0.15, 0.2) is 18.2 Å². The van der Waals surface area contributed by atoms with E-state index in [1.165, 1.54) is 0 Å². The zero-order chi connectivity index (χ0) is 9.84. The number of hydrogen-bond donors (Lipinski definition) is 2. The van der Waals surface area contributed by atoms with Crippen molar-refractivity contribution in [2.45, 2.75) is 6.92 Å². The Bertz CT molecular complexity index is 325. The summed E-state index contributed by atoms with van der Waals surface area (Å²) in [4.78, 5) is 11.0. The molecule has 1 rings (SSSR count). The number of nitrogens with one attached hydrogen (secondary N) is 2. The summed E-state index contributed by atoms with van der Waals surface area (Å²) in [6.07, 6.45) is 0. The zero-order valence-electron chi connectivity index (χ0n) is 7.52. The molecule has 0 aliphatic rings. The second-order valence-electron chi connectivity index (χ2n) is 2.69. The minimum absolute atomic E-state index is 0.271. The van der Waals surface area contributed by atoms with Crippen molar-refractivity contribution in [1.82, 2.24) is 5.32 Å². The molecule has 0 heterocycles. The van der Waals surface area contributed by atoms with E-state index in [1.54, 1.807) is 13.1 Å². The Labute approximate surface area is 82.1 Å². The zero-order valence-corrected chi connectivity index (χ0v) is 8.27. The normalized spacial score (nSPS) is 9.46. The number of amides is 2. The van der Waals surface area contributed by atoms with Gasteiger partial charge in [-0.05, 0) is 24.6 Å². The van der Waals surface area contributed by atoms with Crippen LogP contribution in [0.25, 0.3) is 0 Å². The van der Waals surface area contributed by atoms with E-state index in [4.69, 9.17) is 11.6 Å². The Kier molecular flexibility index (Phi) is 3.14. The van der Waals surface area contributed by atoms with Crippen molar-refractivity contribution in [3.05, 3.63) is 28.8 Å². The number of anilines is 1. The molecule has 0 aliphatic heterocycles. The van der Waals surface area contributed by atoms with Gasteiger partial charge in [0.2, 0.25) is 0 Å². The van der Waals surface area contributed by atoms with Crippen LogP contribution in [0.4, 0.5) is 10.5 Å². The summed E-state index contributed by atoms with van der Waals surface area (Å²) in [7, 11) is 1.55. The van der Waals surface area contributed by atoms with Crippen LogP contribution in [-0.2, 0) is 0 Å². The number of benzene rings is 1. The van der Waals surface area contributed by atoms with E-state index in [-0.39, 0.29) is 6.03 Å². The van der Waals surface area contributed by atoms with Crippen LogP contribution >= 0.6 is 11.6 Å². The van der Waals surface area contributed by atoms with E-state index in [0.29, 0.717) is 10.7 Å². The summed E-state index contributed by atoms with van der Waals surface area (Å²) in [5.41, 5.74) is 1.68. The first-order valence-electron chi connectivity index (χ1n) is 3.88. The maximum Gasteiger partial charge on any atom is 0.319 e. The molecule has 0 atom stereocenters. The first kappa shape index (κ1) is 9.86. The maximum atomic E-state index is 11.0.